The Morgan fingerprint density at radius 2 is 1.95 bits per heavy atom. The molecule has 1 rings (SSSR count). The molecule has 0 aliphatic heterocycles. The van der Waals surface area contributed by atoms with E-state index in [9.17, 15) is 9.18 Å². The summed E-state index contributed by atoms with van der Waals surface area (Å²) < 4.78 is 29.3. The molecule has 5 nitrogen and oxygen atoms in total. The number of aryl methyl sites for hydroxylation is 1. The van der Waals surface area contributed by atoms with Crippen molar-refractivity contribution < 1.29 is 23.4 Å². The van der Waals surface area contributed by atoms with Gasteiger partial charge in [-0.15, -0.1) is 0 Å². The number of esters is 1. The molecule has 0 saturated carbocycles. The van der Waals surface area contributed by atoms with Crippen LogP contribution < -0.4 is 5.32 Å². The molecule has 0 saturated heterocycles. The quantitative estimate of drug-likeness (QED) is 0.559. The maximum atomic E-state index is 14.1. The molecule has 0 radical (unpaired) electrons. The van der Waals surface area contributed by atoms with Crippen LogP contribution in [0.4, 0.5) is 4.39 Å². The largest absolute Gasteiger partial charge is 0.465 e. The first-order chi connectivity index (χ1) is 10.6. The minimum absolute atomic E-state index is 0.226. The van der Waals surface area contributed by atoms with E-state index in [0.29, 0.717) is 0 Å². The molecule has 6 heteroatoms. The number of halogens is 1. The van der Waals surface area contributed by atoms with Crippen molar-refractivity contribution in [2.24, 2.45) is 0 Å². The molecule has 0 heterocycles. The van der Waals surface area contributed by atoms with Gasteiger partial charge in [-0.3, -0.25) is 5.32 Å². The molecule has 1 aromatic carbocycles. The number of methoxy groups -OCH3 is 2. The zero-order chi connectivity index (χ0) is 16.5. The van der Waals surface area contributed by atoms with E-state index >= 15 is 0 Å². The number of carbonyl (C=O) groups excluding carboxylic acids is 1. The lowest BCUT2D eigenvalue weighted by Crippen LogP contribution is -2.37. The van der Waals surface area contributed by atoms with Crippen LogP contribution in [0.2, 0.25) is 0 Å². The molecule has 1 unspecified atom stereocenters. The van der Waals surface area contributed by atoms with Gasteiger partial charge in [0.05, 0.1) is 6.61 Å². The Bertz CT molecular complexity index is 477. The number of hydrogen-bond acceptors (Lipinski definition) is 5. The van der Waals surface area contributed by atoms with Gasteiger partial charge < -0.3 is 14.2 Å². The fourth-order valence-electron chi connectivity index (χ4n) is 2.06. The molecule has 1 atom stereocenters. The van der Waals surface area contributed by atoms with E-state index in [1.165, 1.54) is 20.3 Å². The Labute approximate surface area is 130 Å². The summed E-state index contributed by atoms with van der Waals surface area (Å²) in [6.45, 7) is 4.13. The number of hydrogen-bond donors (Lipinski definition) is 1. The molecule has 0 aromatic heterocycles. The third kappa shape index (κ3) is 5.05. The summed E-state index contributed by atoms with van der Waals surface area (Å²) in [5, 5.41) is 2.95. The first-order valence-corrected chi connectivity index (χ1v) is 7.31. The second-order valence-corrected chi connectivity index (χ2v) is 4.70. The van der Waals surface area contributed by atoms with Gasteiger partial charge >= 0.3 is 5.97 Å². The first-order valence-electron chi connectivity index (χ1n) is 7.31. The second kappa shape index (κ2) is 9.50. The van der Waals surface area contributed by atoms with E-state index in [2.05, 4.69) is 5.32 Å². The normalized spacial score (nSPS) is 12.5. The van der Waals surface area contributed by atoms with Gasteiger partial charge in [0.15, 0.2) is 6.29 Å². The topological polar surface area (TPSA) is 56.8 Å². The van der Waals surface area contributed by atoms with Crippen molar-refractivity contribution >= 4 is 5.97 Å². The highest BCUT2D eigenvalue weighted by molar-refractivity contribution is 5.77. The van der Waals surface area contributed by atoms with E-state index < -0.39 is 24.1 Å². The molecule has 0 aliphatic rings. The van der Waals surface area contributed by atoms with Gasteiger partial charge in [0.25, 0.3) is 0 Å². The van der Waals surface area contributed by atoms with Crippen LogP contribution in [-0.2, 0) is 25.4 Å². The van der Waals surface area contributed by atoms with Gasteiger partial charge in [0.2, 0.25) is 0 Å². The number of ether oxygens (including phenoxy) is 3. The number of nitrogens with one attached hydrogen (secondary N) is 1. The summed E-state index contributed by atoms with van der Waals surface area (Å²) in [5.41, 5.74) is 1.21. The molecular weight excluding hydrogens is 289 g/mol. The Morgan fingerprint density at radius 3 is 2.50 bits per heavy atom. The van der Waals surface area contributed by atoms with Crippen LogP contribution in [0.3, 0.4) is 0 Å². The average Bonchev–Trinajstić information content (AvgIpc) is 2.53. The van der Waals surface area contributed by atoms with Gasteiger partial charge in [0, 0.05) is 26.3 Å². The SMILES string of the molecule is CCOC(=O)C(NCC(OC)OC)c1cc(CC)ccc1F. The van der Waals surface area contributed by atoms with Gasteiger partial charge in [0.1, 0.15) is 11.9 Å². The molecule has 1 N–H and O–H groups in total. The molecule has 124 valence electrons. The Balaban J connectivity index is 3.01. The Morgan fingerprint density at radius 1 is 1.27 bits per heavy atom. The average molecular weight is 313 g/mol. The van der Waals surface area contributed by atoms with Gasteiger partial charge in [-0.2, -0.15) is 0 Å². The standard InChI is InChI=1S/C16H24FNO4/c1-5-11-7-8-13(17)12(9-11)15(16(19)22-6-2)18-10-14(20-3)21-4/h7-9,14-15,18H,5-6,10H2,1-4H3. The maximum absolute atomic E-state index is 14.1. The lowest BCUT2D eigenvalue weighted by Gasteiger charge is -2.21. The summed E-state index contributed by atoms with van der Waals surface area (Å²) in [6, 6.07) is 3.85. The van der Waals surface area contributed by atoms with Crippen LogP contribution >= 0.6 is 0 Å². The van der Waals surface area contributed by atoms with Crippen molar-refractivity contribution in [3.63, 3.8) is 0 Å². The summed E-state index contributed by atoms with van der Waals surface area (Å²) in [7, 11) is 2.99. The monoisotopic (exact) mass is 313 g/mol. The minimum Gasteiger partial charge on any atom is -0.465 e. The summed E-state index contributed by atoms with van der Waals surface area (Å²) in [6.07, 6.45) is 0.219. The zero-order valence-corrected chi connectivity index (χ0v) is 13.5. The van der Waals surface area contributed by atoms with Crippen LogP contribution in [-0.4, -0.2) is 39.6 Å². The number of carbonyl (C=O) groups is 1. The second-order valence-electron chi connectivity index (χ2n) is 4.70. The molecule has 0 fully saturated rings. The molecule has 0 spiro atoms. The smallest absolute Gasteiger partial charge is 0.327 e. The molecule has 0 amide bonds. The minimum atomic E-state index is -0.903. The highest BCUT2D eigenvalue weighted by Gasteiger charge is 2.26. The van der Waals surface area contributed by atoms with E-state index in [1.807, 2.05) is 6.92 Å². The highest BCUT2D eigenvalue weighted by atomic mass is 19.1. The summed E-state index contributed by atoms with van der Waals surface area (Å²) in [5.74, 6) is -0.977. The zero-order valence-electron chi connectivity index (χ0n) is 13.5. The van der Waals surface area contributed by atoms with E-state index in [4.69, 9.17) is 14.2 Å². The maximum Gasteiger partial charge on any atom is 0.327 e. The third-order valence-electron chi connectivity index (χ3n) is 3.32. The van der Waals surface area contributed by atoms with Gasteiger partial charge in [-0.25, -0.2) is 9.18 Å². The van der Waals surface area contributed by atoms with Crippen LogP contribution in [0.5, 0.6) is 0 Å². The molecule has 0 aliphatic carbocycles. The van der Waals surface area contributed by atoms with Crippen molar-refractivity contribution in [3.05, 3.63) is 35.1 Å². The number of benzene rings is 1. The lowest BCUT2D eigenvalue weighted by atomic mass is 10.0. The van der Waals surface area contributed by atoms with E-state index in [0.717, 1.165) is 12.0 Å². The molecule has 22 heavy (non-hydrogen) atoms. The lowest BCUT2D eigenvalue weighted by molar-refractivity contribution is -0.147. The number of rotatable bonds is 9. The summed E-state index contributed by atoms with van der Waals surface area (Å²) >= 11 is 0. The predicted molar refractivity (Wildman–Crippen MR) is 81.0 cm³/mol. The van der Waals surface area contributed by atoms with Crippen LogP contribution in [0.15, 0.2) is 18.2 Å². The van der Waals surface area contributed by atoms with E-state index in [1.54, 1.807) is 19.1 Å². The van der Waals surface area contributed by atoms with Gasteiger partial charge in [-0.05, 0) is 25.0 Å². The Hall–Kier alpha value is -1.50. The fourth-order valence-corrected chi connectivity index (χ4v) is 2.06. The van der Waals surface area contributed by atoms with Crippen molar-refractivity contribution in [2.45, 2.75) is 32.6 Å². The molecule has 0 bridgehead atoms. The molecule has 1 aromatic rings. The summed E-state index contributed by atoms with van der Waals surface area (Å²) in [4.78, 5) is 12.2. The van der Waals surface area contributed by atoms with E-state index in [-0.39, 0.29) is 18.7 Å². The van der Waals surface area contributed by atoms with Crippen molar-refractivity contribution in [2.75, 3.05) is 27.4 Å². The van der Waals surface area contributed by atoms with Crippen molar-refractivity contribution in [1.29, 1.82) is 0 Å². The fraction of sp³-hybridized carbons (Fsp3) is 0.562. The third-order valence-corrected chi connectivity index (χ3v) is 3.32. The van der Waals surface area contributed by atoms with Crippen molar-refractivity contribution in [1.82, 2.24) is 5.32 Å². The van der Waals surface area contributed by atoms with Crippen LogP contribution in [0.1, 0.15) is 31.0 Å². The molecular formula is C16H24FNO4. The van der Waals surface area contributed by atoms with Crippen molar-refractivity contribution in [3.8, 4) is 0 Å². The van der Waals surface area contributed by atoms with Crippen LogP contribution in [0.25, 0.3) is 0 Å². The van der Waals surface area contributed by atoms with Gasteiger partial charge in [-0.1, -0.05) is 19.1 Å². The predicted octanol–water partition coefficient (Wildman–Crippen LogP) is 2.20. The Kier molecular flexibility index (Phi) is 8.01. The highest BCUT2D eigenvalue weighted by Crippen LogP contribution is 2.21. The first kappa shape index (κ1) is 18.5. The van der Waals surface area contributed by atoms with Crippen LogP contribution in [0, 0.1) is 5.82 Å².